The molecule has 0 radical (unpaired) electrons. The summed E-state index contributed by atoms with van der Waals surface area (Å²) in [5.74, 6) is -1.21. The number of aromatic hydroxyl groups is 1. The summed E-state index contributed by atoms with van der Waals surface area (Å²) in [6, 6.07) is 2.55. The lowest BCUT2D eigenvalue weighted by atomic mass is 9.84. The third-order valence-corrected chi connectivity index (χ3v) is 3.54. The van der Waals surface area contributed by atoms with Crippen LogP contribution in [0.1, 0.15) is 31.4 Å². The molecule has 0 spiro atoms. The number of pyridine rings is 1. The first kappa shape index (κ1) is 14.1. The van der Waals surface area contributed by atoms with Gasteiger partial charge < -0.3 is 10.4 Å². The molecule has 0 saturated heterocycles. The molecule has 3 nitrogen and oxygen atoms in total. The number of aromatic nitrogens is 1. The molecular formula is C13H17F3N2O. The Kier molecular flexibility index (Phi) is 4.29. The molecule has 2 atom stereocenters. The van der Waals surface area contributed by atoms with Crippen LogP contribution >= 0.6 is 0 Å². The lowest BCUT2D eigenvalue weighted by Gasteiger charge is -2.33. The predicted molar refractivity (Wildman–Crippen MR) is 64.5 cm³/mol. The fraction of sp³-hybridized carbons (Fsp3) is 0.615. The summed E-state index contributed by atoms with van der Waals surface area (Å²) >= 11 is 0. The maximum Gasteiger partial charge on any atom is 0.393 e. The lowest BCUT2D eigenvalue weighted by Crippen LogP contribution is -2.45. The zero-order chi connectivity index (χ0) is 13.9. The van der Waals surface area contributed by atoms with Gasteiger partial charge in [0, 0.05) is 12.6 Å². The third-order valence-electron chi connectivity index (χ3n) is 3.54. The molecule has 0 amide bonds. The van der Waals surface area contributed by atoms with E-state index in [2.05, 4.69) is 10.3 Å². The third kappa shape index (κ3) is 3.83. The van der Waals surface area contributed by atoms with E-state index in [1.54, 1.807) is 6.07 Å². The van der Waals surface area contributed by atoms with Crippen LogP contribution in [0.25, 0.3) is 0 Å². The van der Waals surface area contributed by atoms with Crippen LogP contribution in [0.15, 0.2) is 18.3 Å². The number of hydrogen-bond donors (Lipinski definition) is 2. The Labute approximate surface area is 109 Å². The molecule has 1 aromatic heterocycles. The monoisotopic (exact) mass is 274 g/mol. The van der Waals surface area contributed by atoms with Gasteiger partial charge in [-0.15, -0.1) is 0 Å². The van der Waals surface area contributed by atoms with E-state index in [9.17, 15) is 13.2 Å². The van der Waals surface area contributed by atoms with Crippen molar-refractivity contribution in [3.63, 3.8) is 0 Å². The number of rotatable bonds is 3. The quantitative estimate of drug-likeness (QED) is 0.890. The number of halogens is 3. The molecule has 0 bridgehead atoms. The van der Waals surface area contributed by atoms with Crippen LogP contribution in [0.5, 0.6) is 5.75 Å². The summed E-state index contributed by atoms with van der Waals surface area (Å²) in [6.07, 6.45) is -0.640. The maximum atomic E-state index is 12.9. The average Bonchev–Trinajstić information content (AvgIpc) is 2.37. The Morgan fingerprint density at radius 3 is 2.63 bits per heavy atom. The number of nitrogens with one attached hydrogen (secondary N) is 1. The van der Waals surface area contributed by atoms with Gasteiger partial charge in [0.15, 0.2) is 0 Å². The van der Waals surface area contributed by atoms with Gasteiger partial charge in [0.1, 0.15) is 5.75 Å². The minimum Gasteiger partial charge on any atom is -0.506 e. The van der Waals surface area contributed by atoms with Crippen LogP contribution in [0.4, 0.5) is 13.2 Å². The molecule has 1 saturated carbocycles. The first-order chi connectivity index (χ1) is 8.97. The van der Waals surface area contributed by atoms with E-state index in [-0.39, 0.29) is 18.7 Å². The van der Waals surface area contributed by atoms with Crippen molar-refractivity contribution in [2.45, 2.75) is 44.4 Å². The molecular weight excluding hydrogens is 257 g/mol. The fourth-order valence-corrected chi connectivity index (χ4v) is 2.52. The van der Waals surface area contributed by atoms with Crippen molar-refractivity contribution in [1.82, 2.24) is 10.3 Å². The second-order valence-electron chi connectivity index (χ2n) is 4.93. The van der Waals surface area contributed by atoms with Crippen LogP contribution in [0.3, 0.4) is 0 Å². The molecule has 2 rings (SSSR count). The van der Waals surface area contributed by atoms with E-state index in [1.165, 1.54) is 12.3 Å². The molecule has 19 heavy (non-hydrogen) atoms. The Bertz CT molecular complexity index is 405. The predicted octanol–water partition coefficient (Wildman–Crippen LogP) is 3.00. The van der Waals surface area contributed by atoms with E-state index < -0.39 is 18.1 Å². The SMILES string of the molecule is Oc1ccc(CNC2CCCCC2C(F)(F)F)nc1. The Hall–Kier alpha value is -1.30. The van der Waals surface area contributed by atoms with E-state index >= 15 is 0 Å². The van der Waals surface area contributed by atoms with Crippen LogP contribution in [0, 0.1) is 5.92 Å². The highest BCUT2D eigenvalue weighted by atomic mass is 19.4. The van der Waals surface area contributed by atoms with Gasteiger partial charge in [0.2, 0.25) is 0 Å². The summed E-state index contributed by atoms with van der Waals surface area (Å²) in [5.41, 5.74) is 0.629. The molecule has 1 aliphatic rings. The molecule has 106 valence electrons. The summed E-state index contributed by atoms with van der Waals surface area (Å²) in [6.45, 7) is 0.289. The minimum absolute atomic E-state index is 0.0505. The minimum atomic E-state index is -4.14. The number of nitrogens with zero attached hydrogens (tertiary/aromatic N) is 1. The van der Waals surface area contributed by atoms with Gasteiger partial charge in [-0.3, -0.25) is 4.98 Å². The number of hydrogen-bond acceptors (Lipinski definition) is 3. The van der Waals surface area contributed by atoms with Gasteiger partial charge in [-0.2, -0.15) is 13.2 Å². The summed E-state index contributed by atoms with van der Waals surface area (Å²) in [5, 5.41) is 12.0. The van der Waals surface area contributed by atoms with Crippen molar-refractivity contribution >= 4 is 0 Å². The van der Waals surface area contributed by atoms with E-state index in [4.69, 9.17) is 5.11 Å². The average molecular weight is 274 g/mol. The van der Waals surface area contributed by atoms with Crippen LogP contribution < -0.4 is 5.32 Å². The zero-order valence-electron chi connectivity index (χ0n) is 10.5. The summed E-state index contributed by atoms with van der Waals surface area (Å²) < 4.78 is 38.6. The summed E-state index contributed by atoms with van der Waals surface area (Å²) in [7, 11) is 0. The molecule has 1 aromatic rings. The number of alkyl halides is 3. The molecule has 0 aromatic carbocycles. The topological polar surface area (TPSA) is 45.1 Å². The van der Waals surface area contributed by atoms with Crippen molar-refractivity contribution in [3.8, 4) is 5.75 Å². The molecule has 6 heteroatoms. The highest BCUT2D eigenvalue weighted by molar-refractivity contribution is 5.17. The van der Waals surface area contributed by atoms with Crippen molar-refractivity contribution in [2.75, 3.05) is 0 Å². The molecule has 1 aliphatic carbocycles. The van der Waals surface area contributed by atoms with Gasteiger partial charge in [0.05, 0.1) is 17.8 Å². The van der Waals surface area contributed by atoms with Crippen molar-refractivity contribution < 1.29 is 18.3 Å². The normalized spacial score (nSPS) is 24.4. The Balaban J connectivity index is 1.94. The van der Waals surface area contributed by atoms with Crippen LogP contribution in [0.2, 0.25) is 0 Å². The second-order valence-corrected chi connectivity index (χ2v) is 4.93. The van der Waals surface area contributed by atoms with Gasteiger partial charge in [0.25, 0.3) is 0 Å². The lowest BCUT2D eigenvalue weighted by molar-refractivity contribution is -0.189. The molecule has 2 N–H and O–H groups in total. The van der Waals surface area contributed by atoms with Gasteiger partial charge in [-0.05, 0) is 25.0 Å². The summed E-state index contributed by atoms with van der Waals surface area (Å²) in [4.78, 5) is 3.96. The maximum absolute atomic E-state index is 12.9. The van der Waals surface area contributed by atoms with E-state index in [0.717, 1.165) is 6.42 Å². The fourth-order valence-electron chi connectivity index (χ4n) is 2.52. The first-order valence-corrected chi connectivity index (χ1v) is 6.41. The zero-order valence-corrected chi connectivity index (χ0v) is 10.5. The highest BCUT2D eigenvalue weighted by Crippen LogP contribution is 2.37. The van der Waals surface area contributed by atoms with Crippen LogP contribution in [-0.2, 0) is 6.54 Å². The van der Waals surface area contributed by atoms with Crippen molar-refractivity contribution in [3.05, 3.63) is 24.0 Å². The Morgan fingerprint density at radius 2 is 2.00 bits per heavy atom. The van der Waals surface area contributed by atoms with Gasteiger partial charge >= 0.3 is 6.18 Å². The van der Waals surface area contributed by atoms with E-state index in [1.807, 2.05) is 0 Å². The molecule has 2 unspecified atom stereocenters. The van der Waals surface area contributed by atoms with Crippen LogP contribution in [-0.4, -0.2) is 22.3 Å². The largest absolute Gasteiger partial charge is 0.506 e. The molecule has 1 fully saturated rings. The first-order valence-electron chi connectivity index (χ1n) is 6.41. The van der Waals surface area contributed by atoms with Gasteiger partial charge in [-0.25, -0.2) is 0 Å². The second kappa shape index (κ2) is 5.77. The van der Waals surface area contributed by atoms with E-state index in [0.29, 0.717) is 18.5 Å². The Morgan fingerprint density at radius 1 is 1.26 bits per heavy atom. The highest BCUT2D eigenvalue weighted by Gasteiger charge is 2.45. The standard InChI is InChI=1S/C13H17F3N2O/c14-13(15,16)11-3-1-2-4-12(11)18-7-9-5-6-10(19)8-17-9/h5-6,8,11-12,18-19H,1-4,7H2. The smallest absolute Gasteiger partial charge is 0.393 e. The van der Waals surface area contributed by atoms with Crippen molar-refractivity contribution in [1.29, 1.82) is 0 Å². The molecule has 0 aliphatic heterocycles. The van der Waals surface area contributed by atoms with Crippen molar-refractivity contribution in [2.24, 2.45) is 5.92 Å². The van der Waals surface area contributed by atoms with Gasteiger partial charge in [-0.1, -0.05) is 12.8 Å². The molecule has 1 heterocycles.